The molecule has 2 rings (SSSR count). The first-order chi connectivity index (χ1) is 6.33. The molecule has 0 unspecified atom stereocenters. The lowest BCUT2D eigenvalue weighted by atomic mass is 10.5. The van der Waals surface area contributed by atoms with Gasteiger partial charge < -0.3 is 0 Å². The second-order valence-corrected chi connectivity index (χ2v) is 4.30. The molecule has 2 aromatic rings. The van der Waals surface area contributed by atoms with E-state index in [0.717, 1.165) is 15.8 Å². The van der Waals surface area contributed by atoms with Gasteiger partial charge in [-0.3, -0.25) is 4.79 Å². The van der Waals surface area contributed by atoms with Crippen LogP contribution < -0.4 is 0 Å². The standard InChI is InChI=1S/C7H5N3OS2/c1-8-10-7-9-6-5(13-7)2-4(3-11)12-6/h2-3H,1H3/b10-8+. The van der Waals surface area contributed by atoms with Crippen molar-refractivity contribution in [2.45, 2.75) is 0 Å². The van der Waals surface area contributed by atoms with E-state index < -0.39 is 0 Å². The zero-order valence-corrected chi connectivity index (χ0v) is 8.35. The number of aromatic nitrogens is 1. The molecule has 4 nitrogen and oxygen atoms in total. The van der Waals surface area contributed by atoms with Crippen molar-refractivity contribution in [3.05, 3.63) is 10.9 Å². The molecule has 0 saturated carbocycles. The Morgan fingerprint density at radius 1 is 1.54 bits per heavy atom. The van der Waals surface area contributed by atoms with E-state index in [2.05, 4.69) is 15.2 Å². The summed E-state index contributed by atoms with van der Waals surface area (Å²) in [5.41, 5.74) is 0. The molecule has 0 aliphatic rings. The molecule has 0 amide bonds. The highest BCUT2D eigenvalue weighted by atomic mass is 32.1. The normalized spacial score (nSPS) is 11.5. The number of carbonyl (C=O) groups excluding carboxylic acids is 1. The summed E-state index contributed by atoms with van der Waals surface area (Å²) in [6.07, 6.45) is 0.833. The van der Waals surface area contributed by atoms with Gasteiger partial charge in [-0.15, -0.1) is 16.5 Å². The van der Waals surface area contributed by atoms with Gasteiger partial charge in [0.05, 0.1) is 9.58 Å². The van der Waals surface area contributed by atoms with E-state index in [1.165, 1.54) is 22.7 Å². The number of nitrogens with zero attached hydrogens (tertiary/aromatic N) is 3. The van der Waals surface area contributed by atoms with Crippen LogP contribution in [0.3, 0.4) is 0 Å². The van der Waals surface area contributed by atoms with Crippen LogP contribution in [0.25, 0.3) is 9.53 Å². The Labute approximate surface area is 82.0 Å². The van der Waals surface area contributed by atoms with Crippen molar-refractivity contribution < 1.29 is 4.79 Å². The Hall–Kier alpha value is -1.14. The fraction of sp³-hybridized carbons (Fsp3) is 0.143. The van der Waals surface area contributed by atoms with Crippen molar-refractivity contribution in [3.63, 3.8) is 0 Å². The molecule has 13 heavy (non-hydrogen) atoms. The summed E-state index contributed by atoms with van der Waals surface area (Å²) < 4.78 is 0.995. The van der Waals surface area contributed by atoms with Crippen LogP contribution in [0.5, 0.6) is 0 Å². The van der Waals surface area contributed by atoms with Crippen LogP contribution >= 0.6 is 22.7 Å². The zero-order valence-electron chi connectivity index (χ0n) is 6.72. The first-order valence-corrected chi connectivity index (χ1v) is 5.12. The number of fused-ring (bicyclic) bond motifs is 1. The molecule has 0 aliphatic carbocycles. The van der Waals surface area contributed by atoms with Crippen molar-refractivity contribution in [1.82, 2.24) is 4.98 Å². The molecule has 66 valence electrons. The van der Waals surface area contributed by atoms with Crippen molar-refractivity contribution in [2.24, 2.45) is 10.2 Å². The maximum Gasteiger partial charge on any atom is 0.231 e. The SMILES string of the molecule is C/N=N/c1nc2sc(C=O)cc2s1. The molecule has 0 radical (unpaired) electrons. The Bertz CT molecular complexity index is 439. The van der Waals surface area contributed by atoms with Crippen LogP contribution in [0.15, 0.2) is 16.3 Å². The van der Waals surface area contributed by atoms with Gasteiger partial charge in [0.2, 0.25) is 5.13 Å². The maximum absolute atomic E-state index is 10.4. The maximum atomic E-state index is 10.4. The van der Waals surface area contributed by atoms with Gasteiger partial charge in [-0.1, -0.05) is 11.3 Å². The third kappa shape index (κ3) is 1.50. The Kier molecular flexibility index (Phi) is 2.15. The van der Waals surface area contributed by atoms with E-state index in [4.69, 9.17) is 0 Å². The molecule has 0 aromatic carbocycles. The minimum atomic E-state index is 0.640. The van der Waals surface area contributed by atoms with E-state index in [1.54, 1.807) is 7.05 Å². The molecule has 6 heteroatoms. The molecule has 0 N–H and O–H groups in total. The molecule has 0 fully saturated rings. The topological polar surface area (TPSA) is 54.7 Å². The summed E-state index contributed by atoms with van der Waals surface area (Å²) in [5.74, 6) is 0. The van der Waals surface area contributed by atoms with Crippen LogP contribution in [0.2, 0.25) is 0 Å². The summed E-state index contributed by atoms with van der Waals surface area (Å²) in [6.45, 7) is 0. The van der Waals surface area contributed by atoms with E-state index in [9.17, 15) is 4.79 Å². The summed E-state index contributed by atoms with van der Waals surface area (Å²) >= 11 is 2.81. The average Bonchev–Trinajstić information content (AvgIpc) is 2.61. The number of aldehydes is 1. The first-order valence-electron chi connectivity index (χ1n) is 3.49. The highest BCUT2D eigenvalue weighted by Gasteiger charge is 2.06. The third-order valence-corrected chi connectivity index (χ3v) is 3.37. The highest BCUT2D eigenvalue weighted by Crippen LogP contribution is 2.33. The molecule has 2 aromatic heterocycles. The first kappa shape index (κ1) is 8.46. The smallest absolute Gasteiger partial charge is 0.231 e. The predicted octanol–water partition coefficient (Wildman–Crippen LogP) is 2.88. The van der Waals surface area contributed by atoms with Crippen molar-refractivity contribution in [1.29, 1.82) is 0 Å². The number of rotatable bonds is 2. The zero-order chi connectivity index (χ0) is 9.26. The highest BCUT2D eigenvalue weighted by molar-refractivity contribution is 7.29. The minimum Gasteiger partial charge on any atom is -0.297 e. The van der Waals surface area contributed by atoms with E-state index in [-0.39, 0.29) is 0 Å². The fourth-order valence-electron chi connectivity index (χ4n) is 0.928. The number of thiophene rings is 1. The molecule has 0 bridgehead atoms. The van der Waals surface area contributed by atoms with Crippen LogP contribution in [0.4, 0.5) is 5.13 Å². The van der Waals surface area contributed by atoms with Crippen molar-refractivity contribution in [2.75, 3.05) is 7.05 Å². The fourth-order valence-corrected chi connectivity index (χ4v) is 2.82. The molecular formula is C7H5N3OS2. The van der Waals surface area contributed by atoms with Gasteiger partial charge in [0, 0.05) is 7.05 Å². The molecular weight excluding hydrogens is 206 g/mol. The summed E-state index contributed by atoms with van der Waals surface area (Å²) in [5, 5.41) is 8.09. The molecule has 2 heterocycles. The monoisotopic (exact) mass is 211 g/mol. The molecule has 0 spiro atoms. The average molecular weight is 211 g/mol. The van der Waals surface area contributed by atoms with Crippen LogP contribution in [-0.2, 0) is 0 Å². The van der Waals surface area contributed by atoms with Crippen molar-refractivity contribution in [3.8, 4) is 0 Å². The van der Waals surface area contributed by atoms with Crippen molar-refractivity contribution >= 4 is 43.6 Å². The van der Waals surface area contributed by atoms with E-state index >= 15 is 0 Å². The van der Waals surface area contributed by atoms with Gasteiger partial charge in [0.1, 0.15) is 4.83 Å². The minimum absolute atomic E-state index is 0.640. The van der Waals surface area contributed by atoms with E-state index in [1.807, 2.05) is 6.07 Å². The Balaban J connectivity index is 2.53. The molecule has 0 atom stereocenters. The largest absolute Gasteiger partial charge is 0.297 e. The lowest BCUT2D eigenvalue weighted by molar-refractivity contribution is 0.112. The molecule has 0 aliphatic heterocycles. The van der Waals surface area contributed by atoms with Gasteiger partial charge in [0.25, 0.3) is 0 Å². The predicted molar refractivity (Wildman–Crippen MR) is 53.3 cm³/mol. The lowest BCUT2D eigenvalue weighted by Gasteiger charge is -1.76. The summed E-state index contributed by atoms with van der Waals surface area (Å²) in [4.78, 5) is 16.2. The van der Waals surface area contributed by atoms with Gasteiger partial charge in [0.15, 0.2) is 6.29 Å². The number of hydrogen-bond donors (Lipinski definition) is 0. The quantitative estimate of drug-likeness (QED) is 0.566. The third-order valence-electron chi connectivity index (χ3n) is 1.40. The summed E-state index contributed by atoms with van der Waals surface area (Å²) in [7, 11) is 1.60. The van der Waals surface area contributed by atoms with Gasteiger partial charge in [-0.2, -0.15) is 5.11 Å². The lowest BCUT2D eigenvalue weighted by Crippen LogP contribution is -1.63. The van der Waals surface area contributed by atoms with Gasteiger partial charge in [-0.05, 0) is 6.07 Å². The number of thiazole rings is 1. The number of carbonyl (C=O) groups is 1. The second kappa shape index (κ2) is 3.31. The number of hydrogen-bond acceptors (Lipinski definition) is 6. The Morgan fingerprint density at radius 3 is 3.00 bits per heavy atom. The van der Waals surface area contributed by atoms with Gasteiger partial charge >= 0.3 is 0 Å². The van der Waals surface area contributed by atoms with Crippen LogP contribution in [-0.4, -0.2) is 18.3 Å². The Morgan fingerprint density at radius 2 is 2.38 bits per heavy atom. The number of azo groups is 1. The summed E-state index contributed by atoms with van der Waals surface area (Å²) in [6, 6.07) is 1.82. The van der Waals surface area contributed by atoms with E-state index in [0.29, 0.717) is 10.0 Å². The van der Waals surface area contributed by atoms with Gasteiger partial charge in [-0.25, -0.2) is 4.98 Å². The molecule has 0 saturated heterocycles. The van der Waals surface area contributed by atoms with Crippen LogP contribution in [0.1, 0.15) is 9.67 Å². The van der Waals surface area contributed by atoms with Crippen LogP contribution in [0, 0.1) is 0 Å². The second-order valence-electron chi connectivity index (χ2n) is 2.23.